The monoisotopic (exact) mass is 859 g/mol. The number of para-hydroxylation sites is 2. The van der Waals surface area contributed by atoms with E-state index in [4.69, 9.17) is 16.7 Å². The van der Waals surface area contributed by atoms with Gasteiger partial charge in [0.15, 0.2) is 0 Å². The summed E-state index contributed by atoms with van der Waals surface area (Å²) >= 11 is 7.80. The van der Waals surface area contributed by atoms with Crippen molar-refractivity contribution in [2.24, 2.45) is 0 Å². The lowest BCUT2D eigenvalue weighted by atomic mass is 10.0. The van der Waals surface area contributed by atoms with E-state index in [9.17, 15) is 13.2 Å². The van der Waals surface area contributed by atoms with E-state index in [1.807, 2.05) is 35.2 Å². The first-order valence-corrected chi connectivity index (χ1v) is 19.4. The molecule has 4 aromatic carbocycles. The molecular weight excluding hydrogens is 809 g/mol. The van der Waals surface area contributed by atoms with Gasteiger partial charge in [0.1, 0.15) is 0 Å². The number of rotatable bonds is 10. The Kier molecular flexibility index (Phi) is 18.8. The zero-order valence-electron chi connectivity index (χ0n) is 31.3. The fraction of sp³-hybridized carbons (Fsp3) is 0.415. The minimum atomic E-state index is -4.35. The molecule has 0 radical (unpaired) electrons. The van der Waals surface area contributed by atoms with Crippen LogP contribution in [0.2, 0.25) is 5.02 Å². The van der Waals surface area contributed by atoms with Crippen LogP contribution in [0.25, 0.3) is 0 Å². The zero-order valence-corrected chi connectivity index (χ0v) is 35.3. The lowest BCUT2D eigenvalue weighted by molar-refractivity contribution is -0.137. The number of aliphatic hydroxyl groups is 1. The predicted molar refractivity (Wildman–Crippen MR) is 231 cm³/mol. The van der Waals surface area contributed by atoms with Crippen LogP contribution in [0.3, 0.4) is 0 Å². The third kappa shape index (κ3) is 12.3. The van der Waals surface area contributed by atoms with E-state index in [2.05, 4.69) is 70.1 Å². The molecule has 1 saturated heterocycles. The molecule has 0 bridgehead atoms. The number of hydrogen-bond donors (Lipinski definition) is 1. The van der Waals surface area contributed by atoms with E-state index >= 15 is 0 Å². The average Bonchev–Trinajstić information content (AvgIpc) is 3.28. The Balaban J connectivity index is 0.000000292. The van der Waals surface area contributed by atoms with Crippen molar-refractivity contribution >= 4 is 83.3 Å². The Morgan fingerprint density at radius 3 is 1.91 bits per heavy atom. The zero-order chi connectivity index (χ0) is 36.7. The molecule has 1 N–H and O–H groups in total. The Labute approximate surface area is 352 Å². The van der Waals surface area contributed by atoms with Crippen molar-refractivity contribution in [2.45, 2.75) is 41.7 Å². The van der Waals surface area contributed by atoms with E-state index in [0.29, 0.717) is 18.8 Å². The number of anilines is 4. The highest BCUT2D eigenvalue weighted by Gasteiger charge is 2.33. The van der Waals surface area contributed by atoms with Crippen LogP contribution in [0.4, 0.5) is 35.9 Å². The van der Waals surface area contributed by atoms with Gasteiger partial charge in [0.25, 0.3) is 0 Å². The molecule has 0 unspecified atom stereocenters. The largest absolute Gasteiger partial charge is 0.416 e. The molecule has 3 heterocycles. The highest BCUT2D eigenvalue weighted by molar-refractivity contribution is 7.99. The van der Waals surface area contributed by atoms with Crippen LogP contribution in [0.5, 0.6) is 0 Å². The van der Waals surface area contributed by atoms with Gasteiger partial charge in [-0.25, -0.2) is 0 Å². The van der Waals surface area contributed by atoms with E-state index < -0.39 is 11.7 Å². The Morgan fingerprint density at radius 2 is 1.24 bits per heavy atom. The van der Waals surface area contributed by atoms with E-state index in [0.717, 1.165) is 92.0 Å². The molecule has 0 aliphatic carbocycles. The molecule has 55 heavy (non-hydrogen) atoms. The molecule has 0 spiro atoms. The Hall–Kier alpha value is -2.38. The minimum absolute atomic E-state index is 0. The molecule has 3 aliphatic rings. The van der Waals surface area contributed by atoms with Crippen LogP contribution in [-0.4, -0.2) is 99.4 Å². The van der Waals surface area contributed by atoms with Gasteiger partial charge >= 0.3 is 6.18 Å². The lowest BCUT2D eigenvalue weighted by Crippen LogP contribution is -2.47. The molecule has 302 valence electrons. The summed E-state index contributed by atoms with van der Waals surface area (Å²) in [5, 5.41) is 9.88. The number of hydrogen-bond acceptors (Lipinski definition) is 7. The lowest BCUT2D eigenvalue weighted by Gasteiger charge is -2.36. The van der Waals surface area contributed by atoms with Gasteiger partial charge in [-0.3, -0.25) is 4.90 Å². The molecule has 0 atom stereocenters. The number of piperazine rings is 1. The Bertz CT molecular complexity index is 1800. The first kappa shape index (κ1) is 47.0. The summed E-state index contributed by atoms with van der Waals surface area (Å²) in [6.07, 6.45) is -0.179. The van der Waals surface area contributed by atoms with E-state index in [-0.39, 0.29) is 43.8 Å². The number of halogens is 7. The quantitative estimate of drug-likeness (QED) is 0.170. The summed E-state index contributed by atoms with van der Waals surface area (Å²) in [7, 11) is 4.25. The molecule has 0 aromatic heterocycles. The van der Waals surface area contributed by atoms with Crippen molar-refractivity contribution in [3.63, 3.8) is 0 Å². The number of fused-ring (bicyclic) bond motifs is 4. The van der Waals surface area contributed by atoms with Crippen molar-refractivity contribution in [1.29, 1.82) is 0 Å². The fourth-order valence-corrected chi connectivity index (χ4v) is 8.49. The molecule has 0 saturated carbocycles. The molecule has 6 nitrogen and oxygen atoms in total. The molecule has 1 fully saturated rings. The minimum Gasteiger partial charge on any atom is -0.395 e. The molecule has 4 aromatic rings. The summed E-state index contributed by atoms with van der Waals surface area (Å²) in [6, 6.07) is 27.0. The maximum Gasteiger partial charge on any atom is 0.416 e. The van der Waals surface area contributed by atoms with E-state index in [1.54, 1.807) is 6.07 Å². The van der Waals surface area contributed by atoms with Gasteiger partial charge in [-0.2, -0.15) is 13.2 Å². The number of β-amino-alcohol motifs (C(OH)–C–C–N with tert-alkyl or cyclic N) is 1. The summed E-state index contributed by atoms with van der Waals surface area (Å²) in [5.41, 5.74) is 6.44. The normalized spacial score (nSPS) is 15.1. The number of benzene rings is 4. The maximum atomic E-state index is 13.3. The van der Waals surface area contributed by atoms with Gasteiger partial charge in [0, 0.05) is 72.0 Å². The predicted octanol–water partition coefficient (Wildman–Crippen LogP) is 10.1. The molecule has 0 amide bonds. The standard InChI is InChI=1S/C22H26F3N3OS.C19H23ClN2.3ClH/c23-22(24,25)17-6-7-21-19(16-17)28(18-4-1-2-5-20(18)30-21)9-3-8-26-10-12-27(13-11-26)14-15-29;1-21(2)12-5-13-22-18-7-4-3-6-15(18)8-9-16-10-11-17(20)14-19(16)22;;;/h1-2,4-7,16,29H,3,8-15H2;3-4,6-7,10-11,14H,5,8-9,12-13H2,1-2H3;3*1H. The van der Waals surface area contributed by atoms with Gasteiger partial charge in [0.2, 0.25) is 0 Å². The van der Waals surface area contributed by atoms with Gasteiger partial charge < -0.3 is 24.7 Å². The first-order valence-electron chi connectivity index (χ1n) is 18.2. The Morgan fingerprint density at radius 1 is 0.655 bits per heavy atom. The second kappa shape index (κ2) is 22.0. The van der Waals surface area contributed by atoms with Gasteiger partial charge in [-0.05, 0) is 113 Å². The van der Waals surface area contributed by atoms with Crippen molar-refractivity contribution in [1.82, 2.24) is 14.7 Å². The third-order valence-electron chi connectivity index (χ3n) is 9.96. The van der Waals surface area contributed by atoms with Crippen LogP contribution in [0.1, 0.15) is 29.5 Å². The summed E-state index contributed by atoms with van der Waals surface area (Å²) < 4.78 is 39.9. The first-order chi connectivity index (χ1) is 25.1. The summed E-state index contributed by atoms with van der Waals surface area (Å²) in [6.45, 7) is 8.40. The van der Waals surface area contributed by atoms with Crippen molar-refractivity contribution in [3.8, 4) is 0 Å². The number of aliphatic hydroxyl groups excluding tert-OH is 1. The fourth-order valence-electron chi connectivity index (χ4n) is 7.25. The third-order valence-corrected chi connectivity index (χ3v) is 11.3. The van der Waals surface area contributed by atoms with Crippen molar-refractivity contribution in [2.75, 3.05) is 89.4 Å². The number of nitrogens with zero attached hydrogens (tertiary/aromatic N) is 5. The summed E-state index contributed by atoms with van der Waals surface area (Å²) in [5.74, 6) is 0. The van der Waals surface area contributed by atoms with E-state index in [1.165, 1.54) is 46.4 Å². The summed E-state index contributed by atoms with van der Waals surface area (Å²) in [4.78, 5) is 13.3. The molecular formula is C41H52Cl4F3N5OS. The van der Waals surface area contributed by atoms with Crippen LogP contribution >= 0.6 is 60.6 Å². The molecule has 7 rings (SSSR count). The number of alkyl halides is 3. The topological polar surface area (TPSA) is 36.4 Å². The SMILES string of the molecule is CN(C)CCCN1c2ccccc2CCc2ccc(Cl)cc21.Cl.Cl.Cl.OCCN1CCN(CCCN2c3ccccc3Sc3ccc(C(F)(F)F)cc32)CC1. The van der Waals surface area contributed by atoms with Crippen LogP contribution in [0, 0.1) is 0 Å². The van der Waals surface area contributed by atoms with Gasteiger partial charge in [-0.15, -0.1) is 37.2 Å². The molecule has 14 heteroatoms. The second-order valence-electron chi connectivity index (χ2n) is 13.9. The smallest absolute Gasteiger partial charge is 0.395 e. The molecule has 3 aliphatic heterocycles. The highest BCUT2D eigenvalue weighted by atomic mass is 35.5. The van der Waals surface area contributed by atoms with Crippen LogP contribution in [0.15, 0.2) is 94.7 Å². The second-order valence-corrected chi connectivity index (χ2v) is 15.4. The van der Waals surface area contributed by atoms with Crippen LogP contribution in [-0.2, 0) is 19.0 Å². The highest BCUT2D eigenvalue weighted by Crippen LogP contribution is 2.49. The maximum absolute atomic E-state index is 13.3. The van der Waals surface area contributed by atoms with Gasteiger partial charge in [0.05, 0.1) is 23.5 Å². The van der Waals surface area contributed by atoms with Gasteiger partial charge in [-0.1, -0.05) is 59.8 Å². The van der Waals surface area contributed by atoms with Crippen molar-refractivity contribution < 1.29 is 18.3 Å². The van der Waals surface area contributed by atoms with Crippen LogP contribution < -0.4 is 9.80 Å². The average molecular weight is 862 g/mol. The number of aryl methyl sites for hydroxylation is 2. The van der Waals surface area contributed by atoms with Crippen molar-refractivity contribution in [3.05, 3.63) is 107 Å².